The first kappa shape index (κ1) is 59.0. The topological polar surface area (TPSA) is 357 Å². The molecule has 0 aromatic heterocycles. The lowest BCUT2D eigenvalue weighted by molar-refractivity contribution is -0.385. The summed E-state index contributed by atoms with van der Waals surface area (Å²) in [7, 11) is 0. The highest BCUT2D eigenvalue weighted by molar-refractivity contribution is 5.25. The minimum Gasteiger partial charge on any atom is -0.394 e. The van der Waals surface area contributed by atoms with E-state index in [0.29, 0.717) is 36.0 Å². The van der Waals surface area contributed by atoms with E-state index in [1.165, 1.54) is 24.8 Å². The van der Waals surface area contributed by atoms with Crippen molar-refractivity contribution in [2.45, 2.75) is 228 Å². The summed E-state index contributed by atoms with van der Waals surface area (Å²) < 4.78 is 46.9. The van der Waals surface area contributed by atoms with Crippen molar-refractivity contribution in [2.75, 3.05) is 33.0 Å². The third-order valence-electron chi connectivity index (χ3n) is 19.6. The van der Waals surface area contributed by atoms with E-state index in [0.717, 1.165) is 38.5 Å². The van der Waals surface area contributed by atoms with Gasteiger partial charge in [0.2, 0.25) is 0 Å². The van der Waals surface area contributed by atoms with Crippen LogP contribution in [0.3, 0.4) is 0 Å². The first-order valence-electron chi connectivity index (χ1n) is 27.3. The van der Waals surface area contributed by atoms with Gasteiger partial charge in [-0.3, -0.25) is 0 Å². The number of aliphatic hydroxyl groups is 14. The predicted octanol–water partition coefficient (Wildman–Crippen LogP) is -2.10. The summed E-state index contributed by atoms with van der Waals surface area (Å²) in [6.45, 7) is 8.95. The molecular formula is C52H88O22. The van der Waals surface area contributed by atoms with Gasteiger partial charge in [0.15, 0.2) is 25.2 Å². The van der Waals surface area contributed by atoms with Crippen LogP contribution in [0.2, 0.25) is 0 Å². The molecule has 428 valence electrons. The van der Waals surface area contributed by atoms with Crippen LogP contribution in [0.5, 0.6) is 0 Å². The Hall–Kier alpha value is -1.14. The highest BCUT2D eigenvalue weighted by Crippen LogP contribution is 2.67. The molecule has 0 unspecified atom stereocenters. The highest BCUT2D eigenvalue weighted by Gasteiger charge is 2.60. The van der Waals surface area contributed by atoms with Gasteiger partial charge >= 0.3 is 0 Å². The summed E-state index contributed by atoms with van der Waals surface area (Å²) in [4.78, 5) is 0. The van der Waals surface area contributed by atoms with Crippen LogP contribution in [0.25, 0.3) is 0 Å². The van der Waals surface area contributed by atoms with Gasteiger partial charge in [0.25, 0.3) is 0 Å². The van der Waals surface area contributed by atoms with Crippen molar-refractivity contribution in [2.24, 2.45) is 52.3 Å². The number of aliphatic hydroxyl groups excluding tert-OH is 14. The summed E-state index contributed by atoms with van der Waals surface area (Å²) in [6, 6.07) is 0. The lowest BCUT2D eigenvalue weighted by Gasteiger charge is -2.58. The second kappa shape index (κ2) is 24.3. The van der Waals surface area contributed by atoms with Crippen LogP contribution in [0.1, 0.15) is 98.8 Å². The number of allylic oxidation sites excluding steroid dienone is 1. The third kappa shape index (κ3) is 11.3. The van der Waals surface area contributed by atoms with Crippen LogP contribution < -0.4 is 0 Å². The standard InChI is InChI=1S/C52H88O22/c1-22(6-7-23(2)28-10-11-29-27-9-8-25-16-26(12-14-51(25,4)30(27)13-15-52(28,29)5)68-47-42(64)38(60)35(57)31(17-53)69-47)24(3)21-67-50-46(40(62)37(59)33(19-55)71-50)74-49-44(66)41(63)45(34(20-56)72-49)73-48-43(65)39(61)36(58)32(18-54)70-48/h8,22-24,26-50,53-66H,6-7,9-21H2,1-5H3/t22-,23-,24-,26+,27+,28-,29+,30+,31-,32-,33-,34-,35-,36-,37-,38+,39+,40+,41-,42-,43-,44-,45-,46-,47-,48+,49+,50-,51+,52-/m1/s1. The fraction of sp³-hybridized carbons (Fsp3) is 0.962. The molecule has 8 aliphatic rings. The average molecular weight is 1070 g/mol. The van der Waals surface area contributed by atoms with Gasteiger partial charge in [-0.15, -0.1) is 0 Å². The van der Waals surface area contributed by atoms with Crippen LogP contribution in [0.15, 0.2) is 11.6 Å². The highest BCUT2D eigenvalue weighted by atomic mass is 16.8. The van der Waals surface area contributed by atoms with E-state index >= 15 is 0 Å². The fourth-order valence-electron chi connectivity index (χ4n) is 14.7. The predicted molar refractivity (Wildman–Crippen MR) is 256 cm³/mol. The summed E-state index contributed by atoms with van der Waals surface area (Å²) in [5.74, 6) is 2.97. The van der Waals surface area contributed by atoms with Crippen molar-refractivity contribution >= 4 is 0 Å². The quantitative estimate of drug-likeness (QED) is 0.0654. The molecule has 7 fully saturated rings. The van der Waals surface area contributed by atoms with E-state index < -0.39 is 149 Å². The van der Waals surface area contributed by atoms with Gasteiger partial charge in [0.1, 0.15) is 97.7 Å². The second-order valence-corrected chi connectivity index (χ2v) is 23.8. The zero-order valence-corrected chi connectivity index (χ0v) is 43.4. The Balaban J connectivity index is 0.836. The molecule has 4 aliphatic heterocycles. The van der Waals surface area contributed by atoms with Crippen molar-refractivity contribution in [3.05, 3.63) is 11.6 Å². The number of ether oxygens (including phenoxy) is 8. The summed E-state index contributed by atoms with van der Waals surface area (Å²) in [5.41, 5.74) is 1.65. The minimum absolute atomic E-state index is 0.0236. The van der Waals surface area contributed by atoms with Crippen LogP contribution in [-0.4, -0.2) is 233 Å². The summed E-state index contributed by atoms with van der Waals surface area (Å²) in [5, 5.41) is 146. The molecule has 74 heavy (non-hydrogen) atoms. The lowest BCUT2D eigenvalue weighted by atomic mass is 9.47. The Morgan fingerprint density at radius 1 is 0.527 bits per heavy atom. The van der Waals surface area contributed by atoms with E-state index in [4.69, 9.17) is 37.9 Å². The zero-order valence-electron chi connectivity index (χ0n) is 43.4. The first-order valence-corrected chi connectivity index (χ1v) is 27.3. The zero-order chi connectivity index (χ0) is 53.7. The largest absolute Gasteiger partial charge is 0.394 e. The SMILES string of the molecule is C[C@H](CC[C@@H](C)[C@H]1CC[C@H]2[C@@H]3CC=C4C[C@@H](O[C@@H]5O[C@H](CO)[C@@H](O)[C@H](O)[C@H]5O)CC[C@]4(C)[C@H]3CC[C@]12C)[C@H](C)CO[C@@H]1O[C@H](CO)[C@@H](O)[C@H](O)[C@H]1O[C@@H]1O[C@H](CO)[C@@H](O[C@@H]2O[C@H](CO)[C@@H](O)[C@H](O)[C@H]2O)[C@H](O)[C@H]1O. The minimum atomic E-state index is -1.93. The maximum absolute atomic E-state index is 11.3. The van der Waals surface area contributed by atoms with Gasteiger partial charge in [-0.05, 0) is 104 Å². The number of hydrogen-bond donors (Lipinski definition) is 14. The van der Waals surface area contributed by atoms with Crippen LogP contribution in [0, 0.1) is 52.3 Å². The third-order valence-corrected chi connectivity index (χ3v) is 19.6. The molecule has 4 saturated heterocycles. The molecule has 30 atom stereocenters. The van der Waals surface area contributed by atoms with Crippen molar-refractivity contribution in [1.82, 2.24) is 0 Å². The molecule has 0 radical (unpaired) electrons. The number of fused-ring (bicyclic) bond motifs is 5. The molecule has 8 rings (SSSR count). The Morgan fingerprint density at radius 2 is 1.04 bits per heavy atom. The summed E-state index contributed by atoms with van der Waals surface area (Å²) in [6.07, 6.45) is -18.8. The molecule has 0 aromatic carbocycles. The molecular weight excluding hydrogens is 977 g/mol. The van der Waals surface area contributed by atoms with Gasteiger partial charge in [-0.1, -0.05) is 59.1 Å². The first-order chi connectivity index (χ1) is 35.1. The van der Waals surface area contributed by atoms with E-state index in [9.17, 15) is 71.5 Å². The number of hydrogen-bond acceptors (Lipinski definition) is 22. The Kier molecular flexibility index (Phi) is 19.4. The van der Waals surface area contributed by atoms with E-state index in [1.807, 2.05) is 6.92 Å². The molecule has 4 aliphatic carbocycles. The second-order valence-electron chi connectivity index (χ2n) is 23.8. The van der Waals surface area contributed by atoms with E-state index in [1.54, 1.807) is 0 Å². The normalized spacial score (nSPS) is 51.0. The summed E-state index contributed by atoms with van der Waals surface area (Å²) >= 11 is 0. The fourth-order valence-corrected chi connectivity index (χ4v) is 14.7. The van der Waals surface area contributed by atoms with Gasteiger partial charge in [0, 0.05) is 0 Å². The van der Waals surface area contributed by atoms with Crippen molar-refractivity contribution in [3.63, 3.8) is 0 Å². The van der Waals surface area contributed by atoms with Crippen molar-refractivity contribution in [3.8, 4) is 0 Å². The van der Waals surface area contributed by atoms with Gasteiger partial charge in [-0.25, -0.2) is 0 Å². The molecule has 14 N–H and O–H groups in total. The van der Waals surface area contributed by atoms with E-state index in [2.05, 4.69) is 33.8 Å². The molecule has 0 bridgehead atoms. The van der Waals surface area contributed by atoms with Crippen LogP contribution in [-0.2, 0) is 37.9 Å². The van der Waals surface area contributed by atoms with Crippen molar-refractivity contribution < 1.29 is 109 Å². The van der Waals surface area contributed by atoms with Crippen LogP contribution in [0.4, 0.5) is 0 Å². The Morgan fingerprint density at radius 3 is 1.64 bits per heavy atom. The van der Waals surface area contributed by atoms with Crippen molar-refractivity contribution in [1.29, 1.82) is 0 Å². The van der Waals surface area contributed by atoms with E-state index in [-0.39, 0.29) is 35.4 Å². The van der Waals surface area contributed by atoms with Gasteiger partial charge in [0.05, 0.1) is 39.1 Å². The number of rotatable bonds is 18. The van der Waals surface area contributed by atoms with Crippen LogP contribution >= 0.6 is 0 Å². The molecule has 22 nitrogen and oxygen atoms in total. The maximum Gasteiger partial charge on any atom is 0.187 e. The molecule has 4 heterocycles. The smallest absolute Gasteiger partial charge is 0.187 e. The average Bonchev–Trinajstić information content (AvgIpc) is 3.75. The Labute approximate surface area is 433 Å². The van der Waals surface area contributed by atoms with Gasteiger partial charge < -0.3 is 109 Å². The molecule has 3 saturated carbocycles. The Bertz CT molecular complexity index is 1830. The lowest BCUT2D eigenvalue weighted by Crippen LogP contribution is -2.66. The maximum atomic E-state index is 11.3. The monoisotopic (exact) mass is 1060 g/mol. The molecule has 0 amide bonds. The molecule has 22 heteroatoms. The molecule has 0 spiro atoms. The van der Waals surface area contributed by atoms with Gasteiger partial charge in [-0.2, -0.15) is 0 Å². The molecule has 0 aromatic rings.